The first-order valence-electron chi connectivity index (χ1n) is 6.38. The molecular formula is C13H18N2O3S. The zero-order valence-corrected chi connectivity index (χ0v) is 11.7. The van der Waals surface area contributed by atoms with Crippen molar-refractivity contribution in [2.75, 3.05) is 11.9 Å². The van der Waals surface area contributed by atoms with Crippen LogP contribution in [0.2, 0.25) is 0 Å². The number of anilines is 1. The molecule has 3 N–H and O–H groups in total. The van der Waals surface area contributed by atoms with Crippen LogP contribution < -0.4 is 11.1 Å². The van der Waals surface area contributed by atoms with Crippen LogP contribution >= 0.6 is 11.3 Å². The van der Waals surface area contributed by atoms with E-state index in [4.69, 9.17) is 10.5 Å². The fourth-order valence-electron chi connectivity index (χ4n) is 2.14. The predicted octanol–water partition coefficient (Wildman–Crippen LogP) is 2.05. The molecule has 0 bridgehead atoms. The summed E-state index contributed by atoms with van der Waals surface area (Å²) in [6.45, 7) is 2.67. The van der Waals surface area contributed by atoms with E-state index >= 15 is 0 Å². The van der Waals surface area contributed by atoms with Gasteiger partial charge in [0.15, 0.2) is 0 Å². The first kappa shape index (κ1) is 14.0. The molecule has 0 radical (unpaired) electrons. The van der Waals surface area contributed by atoms with Crippen molar-refractivity contribution in [3.05, 3.63) is 16.5 Å². The number of hydrogen-bond acceptors (Lipinski definition) is 4. The predicted molar refractivity (Wildman–Crippen MR) is 74.4 cm³/mol. The van der Waals surface area contributed by atoms with Gasteiger partial charge in [0.2, 0.25) is 5.91 Å². The van der Waals surface area contributed by atoms with Gasteiger partial charge >= 0.3 is 0 Å². The minimum absolute atomic E-state index is 0.0974. The first-order valence-corrected chi connectivity index (χ1v) is 7.19. The van der Waals surface area contributed by atoms with Crippen LogP contribution in [0.25, 0.3) is 0 Å². The second-order valence-electron chi connectivity index (χ2n) is 4.69. The highest BCUT2D eigenvalue weighted by atomic mass is 32.1. The van der Waals surface area contributed by atoms with E-state index in [-0.39, 0.29) is 12.0 Å². The molecule has 1 aromatic rings. The molecule has 5 nitrogen and oxygen atoms in total. The third-order valence-corrected chi connectivity index (χ3v) is 4.06. The molecule has 6 heteroatoms. The number of hydrogen-bond donors (Lipinski definition) is 2. The van der Waals surface area contributed by atoms with Crippen LogP contribution in [0.3, 0.4) is 0 Å². The molecule has 1 aliphatic rings. The third kappa shape index (κ3) is 3.78. The molecule has 1 fully saturated rings. The van der Waals surface area contributed by atoms with Gasteiger partial charge in [-0.1, -0.05) is 0 Å². The van der Waals surface area contributed by atoms with Crippen LogP contribution in [-0.2, 0) is 9.53 Å². The molecule has 1 atom stereocenters. The highest BCUT2D eigenvalue weighted by molar-refractivity contribution is 7.16. The van der Waals surface area contributed by atoms with Crippen molar-refractivity contribution >= 4 is 28.2 Å². The van der Waals surface area contributed by atoms with Crippen LogP contribution in [0, 0.1) is 6.92 Å². The monoisotopic (exact) mass is 282 g/mol. The molecule has 1 aliphatic heterocycles. The van der Waals surface area contributed by atoms with Gasteiger partial charge in [0, 0.05) is 17.9 Å². The average Bonchev–Trinajstić information content (AvgIpc) is 2.96. The number of carbonyl (C=O) groups excluding carboxylic acids is 2. The summed E-state index contributed by atoms with van der Waals surface area (Å²) in [5.74, 6) is -0.612. The molecule has 2 rings (SSSR count). The summed E-state index contributed by atoms with van der Waals surface area (Å²) in [7, 11) is 0. The van der Waals surface area contributed by atoms with Crippen LogP contribution in [0.4, 0.5) is 5.00 Å². The SMILES string of the molecule is Cc1cc(C(N)=O)c(NC(=O)CC[C@H]2CCCO2)s1. The highest BCUT2D eigenvalue weighted by Crippen LogP contribution is 2.27. The zero-order chi connectivity index (χ0) is 13.8. The van der Waals surface area contributed by atoms with E-state index in [0.29, 0.717) is 17.0 Å². The van der Waals surface area contributed by atoms with Crippen molar-refractivity contribution in [1.82, 2.24) is 0 Å². The van der Waals surface area contributed by atoms with Gasteiger partial charge in [0.1, 0.15) is 5.00 Å². The van der Waals surface area contributed by atoms with Crippen molar-refractivity contribution in [3.63, 3.8) is 0 Å². The zero-order valence-electron chi connectivity index (χ0n) is 10.9. The van der Waals surface area contributed by atoms with Crippen molar-refractivity contribution < 1.29 is 14.3 Å². The summed E-state index contributed by atoms with van der Waals surface area (Å²) < 4.78 is 5.47. The topological polar surface area (TPSA) is 81.4 Å². The van der Waals surface area contributed by atoms with E-state index in [0.717, 1.165) is 30.7 Å². The molecule has 0 aromatic carbocycles. The lowest BCUT2D eigenvalue weighted by atomic mass is 10.1. The van der Waals surface area contributed by atoms with Gasteiger partial charge in [-0.05, 0) is 32.3 Å². The maximum atomic E-state index is 11.8. The number of primary amides is 1. The Labute approximate surface area is 116 Å². The Hall–Kier alpha value is -1.40. The fraction of sp³-hybridized carbons (Fsp3) is 0.538. The Bertz CT molecular complexity index is 478. The number of nitrogens with two attached hydrogens (primary N) is 1. The molecule has 0 unspecified atom stereocenters. The number of ether oxygens (including phenoxy) is 1. The van der Waals surface area contributed by atoms with E-state index in [1.54, 1.807) is 6.07 Å². The second-order valence-corrected chi connectivity index (χ2v) is 5.94. The van der Waals surface area contributed by atoms with Gasteiger partial charge in [0.25, 0.3) is 5.91 Å². The summed E-state index contributed by atoms with van der Waals surface area (Å²) in [5, 5.41) is 3.30. The van der Waals surface area contributed by atoms with Gasteiger partial charge in [-0.2, -0.15) is 0 Å². The molecule has 0 spiro atoms. The quantitative estimate of drug-likeness (QED) is 0.867. The maximum absolute atomic E-state index is 11.8. The van der Waals surface area contributed by atoms with Crippen molar-refractivity contribution in [2.45, 2.75) is 38.7 Å². The van der Waals surface area contributed by atoms with Gasteiger partial charge in [-0.15, -0.1) is 11.3 Å². The maximum Gasteiger partial charge on any atom is 0.251 e. The van der Waals surface area contributed by atoms with Gasteiger partial charge < -0.3 is 15.8 Å². The number of nitrogens with one attached hydrogen (secondary N) is 1. The molecule has 2 amide bonds. The first-order chi connectivity index (χ1) is 9.06. The van der Waals surface area contributed by atoms with Crippen LogP contribution in [-0.4, -0.2) is 24.5 Å². The minimum atomic E-state index is -0.515. The van der Waals surface area contributed by atoms with E-state index in [2.05, 4.69) is 5.32 Å². The third-order valence-electron chi connectivity index (χ3n) is 3.09. The van der Waals surface area contributed by atoms with Crippen molar-refractivity contribution in [3.8, 4) is 0 Å². The summed E-state index contributed by atoms with van der Waals surface area (Å²) in [5.41, 5.74) is 5.66. The summed E-state index contributed by atoms with van der Waals surface area (Å²) in [6.07, 6.45) is 3.42. The number of carbonyl (C=O) groups is 2. The van der Waals surface area contributed by atoms with E-state index in [1.165, 1.54) is 11.3 Å². The summed E-state index contributed by atoms with van der Waals surface area (Å²) >= 11 is 1.37. The standard InChI is InChI=1S/C13H18N2O3S/c1-8-7-10(12(14)17)13(19-8)15-11(16)5-4-9-3-2-6-18-9/h7,9H,2-6H2,1H3,(H2,14,17)(H,15,16)/t9-/m1/s1. The smallest absolute Gasteiger partial charge is 0.251 e. The Morgan fingerprint density at radius 3 is 3.00 bits per heavy atom. The molecule has 19 heavy (non-hydrogen) atoms. The van der Waals surface area contributed by atoms with E-state index in [9.17, 15) is 9.59 Å². The lowest BCUT2D eigenvalue weighted by molar-refractivity contribution is -0.116. The molecule has 1 aromatic heterocycles. The van der Waals surface area contributed by atoms with Crippen LogP contribution in [0.1, 0.15) is 40.9 Å². The Morgan fingerprint density at radius 1 is 1.58 bits per heavy atom. The number of aryl methyl sites for hydroxylation is 1. The largest absolute Gasteiger partial charge is 0.378 e. The summed E-state index contributed by atoms with van der Waals surface area (Å²) in [6, 6.07) is 1.70. The molecule has 1 saturated heterocycles. The fourth-order valence-corrected chi connectivity index (χ4v) is 3.08. The van der Waals surface area contributed by atoms with Gasteiger partial charge in [-0.25, -0.2) is 0 Å². The van der Waals surface area contributed by atoms with Crippen LogP contribution in [0.5, 0.6) is 0 Å². The van der Waals surface area contributed by atoms with E-state index in [1.807, 2.05) is 6.92 Å². The lowest BCUT2D eigenvalue weighted by Gasteiger charge is -2.09. The number of amides is 2. The van der Waals surface area contributed by atoms with Gasteiger partial charge in [-0.3, -0.25) is 9.59 Å². The molecule has 2 heterocycles. The molecule has 0 saturated carbocycles. The summed E-state index contributed by atoms with van der Waals surface area (Å²) in [4.78, 5) is 24.0. The lowest BCUT2D eigenvalue weighted by Crippen LogP contribution is -2.17. The number of thiophene rings is 1. The number of rotatable bonds is 5. The normalized spacial score (nSPS) is 18.5. The van der Waals surface area contributed by atoms with Gasteiger partial charge in [0.05, 0.1) is 11.7 Å². The molecular weight excluding hydrogens is 264 g/mol. The average molecular weight is 282 g/mol. The Kier molecular flexibility index (Phi) is 4.55. The van der Waals surface area contributed by atoms with Crippen LogP contribution in [0.15, 0.2) is 6.07 Å². The highest BCUT2D eigenvalue weighted by Gasteiger charge is 2.18. The molecule has 104 valence electrons. The van der Waals surface area contributed by atoms with E-state index < -0.39 is 5.91 Å². The molecule has 0 aliphatic carbocycles. The Balaban J connectivity index is 1.89. The van der Waals surface area contributed by atoms with Crippen molar-refractivity contribution in [1.29, 1.82) is 0 Å². The Morgan fingerprint density at radius 2 is 2.37 bits per heavy atom. The minimum Gasteiger partial charge on any atom is -0.378 e. The van der Waals surface area contributed by atoms with Crippen molar-refractivity contribution in [2.24, 2.45) is 5.73 Å². The second kappa shape index (κ2) is 6.16.